The summed E-state index contributed by atoms with van der Waals surface area (Å²) >= 11 is 0. The number of benzene rings is 2. The zero-order valence-electron chi connectivity index (χ0n) is 20.2. The van der Waals surface area contributed by atoms with Crippen LogP contribution >= 0.6 is 0 Å². The van der Waals surface area contributed by atoms with Gasteiger partial charge >= 0.3 is 0 Å². The topological polar surface area (TPSA) is 70.2 Å². The first-order valence-corrected chi connectivity index (χ1v) is 13.9. The zero-order chi connectivity index (χ0) is 24.8. The van der Waals surface area contributed by atoms with Crippen LogP contribution in [0.2, 0.25) is 0 Å². The molecule has 4 rings (SSSR count). The van der Waals surface area contributed by atoms with E-state index in [9.17, 15) is 17.6 Å². The smallest absolute Gasteiger partial charge is 0.243 e. The molecule has 1 aliphatic heterocycles. The van der Waals surface area contributed by atoms with Crippen LogP contribution in [-0.2, 0) is 14.8 Å². The van der Waals surface area contributed by atoms with Gasteiger partial charge in [-0.2, -0.15) is 4.31 Å². The van der Waals surface area contributed by atoms with Crippen molar-refractivity contribution in [1.82, 2.24) is 9.21 Å². The van der Waals surface area contributed by atoms with Crippen LogP contribution in [0.3, 0.4) is 0 Å². The van der Waals surface area contributed by atoms with Crippen molar-refractivity contribution in [2.24, 2.45) is 0 Å². The number of rotatable bonds is 8. The van der Waals surface area contributed by atoms with Crippen molar-refractivity contribution >= 4 is 21.6 Å². The summed E-state index contributed by atoms with van der Waals surface area (Å²) in [6, 6.07) is 12.8. The van der Waals surface area contributed by atoms with E-state index in [1.165, 1.54) is 10.4 Å². The number of ether oxygens (including phenoxy) is 1. The summed E-state index contributed by atoms with van der Waals surface area (Å²) in [6.45, 7) is 4.04. The second-order valence-corrected chi connectivity index (χ2v) is 11.0. The summed E-state index contributed by atoms with van der Waals surface area (Å²) in [5, 5.41) is 0. The van der Waals surface area contributed by atoms with Crippen LogP contribution in [0.15, 0.2) is 53.4 Å². The summed E-state index contributed by atoms with van der Waals surface area (Å²) in [5.41, 5.74) is 0.529. The maximum Gasteiger partial charge on any atom is 0.243 e. The van der Waals surface area contributed by atoms with E-state index in [1.54, 1.807) is 47.4 Å². The minimum atomic E-state index is -3.86. The molecule has 1 heterocycles. The molecule has 0 bridgehead atoms. The van der Waals surface area contributed by atoms with Crippen LogP contribution in [0.1, 0.15) is 39.0 Å². The highest BCUT2D eigenvalue weighted by Crippen LogP contribution is 2.29. The molecule has 7 nitrogen and oxygen atoms in total. The second kappa shape index (κ2) is 11.4. The Kier molecular flexibility index (Phi) is 8.28. The van der Waals surface area contributed by atoms with E-state index < -0.39 is 10.0 Å². The Morgan fingerprint density at radius 1 is 1.00 bits per heavy atom. The Labute approximate surface area is 207 Å². The van der Waals surface area contributed by atoms with Gasteiger partial charge in [-0.05, 0) is 56.2 Å². The minimum absolute atomic E-state index is 0.170. The number of halogens is 1. The molecule has 190 valence electrons. The van der Waals surface area contributed by atoms with Gasteiger partial charge in [-0.3, -0.25) is 4.79 Å². The average molecular weight is 504 g/mol. The lowest BCUT2D eigenvalue weighted by atomic mass is 9.95. The van der Waals surface area contributed by atoms with Crippen molar-refractivity contribution < 1.29 is 22.3 Å². The van der Waals surface area contributed by atoms with E-state index in [4.69, 9.17) is 4.74 Å². The number of piperazine rings is 1. The average Bonchev–Trinajstić information content (AvgIpc) is 2.88. The van der Waals surface area contributed by atoms with E-state index in [0.717, 1.165) is 32.1 Å². The maximum atomic E-state index is 14.2. The third-order valence-corrected chi connectivity index (χ3v) is 8.75. The highest BCUT2D eigenvalue weighted by molar-refractivity contribution is 7.89. The first kappa shape index (κ1) is 25.4. The predicted molar refractivity (Wildman–Crippen MR) is 134 cm³/mol. The fourth-order valence-corrected chi connectivity index (χ4v) is 6.56. The van der Waals surface area contributed by atoms with Gasteiger partial charge in [-0.15, -0.1) is 0 Å². The Morgan fingerprint density at radius 3 is 2.29 bits per heavy atom. The van der Waals surface area contributed by atoms with Crippen LogP contribution in [0.5, 0.6) is 5.75 Å². The van der Waals surface area contributed by atoms with Gasteiger partial charge in [-0.1, -0.05) is 31.4 Å². The Balaban J connectivity index is 1.47. The summed E-state index contributed by atoms with van der Waals surface area (Å²) in [4.78, 5) is 17.1. The van der Waals surface area contributed by atoms with Gasteiger partial charge < -0.3 is 14.5 Å². The number of amides is 1. The molecule has 1 saturated carbocycles. The molecule has 9 heteroatoms. The van der Waals surface area contributed by atoms with Crippen LogP contribution in [0, 0.1) is 5.82 Å². The molecule has 2 aliphatic rings. The molecular weight excluding hydrogens is 469 g/mol. The molecule has 0 radical (unpaired) electrons. The standard InChI is InChI=1S/C26H34FN3O4S/c1-2-34-22-12-14-23(15-13-22)35(32,33)30(21-8-4-3-5-9-21)20-26(31)29-18-16-28(17-19-29)25-11-7-6-10-24(25)27/h6-7,10-15,21H,2-5,8-9,16-20H2,1H3. The molecule has 0 atom stereocenters. The van der Waals surface area contributed by atoms with E-state index in [1.807, 2.05) is 11.8 Å². The third-order valence-electron chi connectivity index (χ3n) is 6.84. The number of anilines is 1. The quantitative estimate of drug-likeness (QED) is 0.547. The molecule has 0 aromatic heterocycles. The second-order valence-electron chi connectivity index (χ2n) is 9.07. The van der Waals surface area contributed by atoms with Crippen LogP contribution in [0.4, 0.5) is 10.1 Å². The van der Waals surface area contributed by atoms with Gasteiger partial charge in [-0.25, -0.2) is 12.8 Å². The van der Waals surface area contributed by atoms with Crippen molar-refractivity contribution in [1.29, 1.82) is 0 Å². The molecule has 1 amide bonds. The molecule has 2 aromatic carbocycles. The van der Waals surface area contributed by atoms with Gasteiger partial charge in [0.05, 0.1) is 23.7 Å². The summed E-state index contributed by atoms with van der Waals surface area (Å²) in [6.07, 6.45) is 4.50. The Morgan fingerprint density at radius 2 is 1.66 bits per heavy atom. The lowest BCUT2D eigenvalue weighted by molar-refractivity contribution is -0.132. The molecule has 1 aliphatic carbocycles. The van der Waals surface area contributed by atoms with Gasteiger partial charge in [0.15, 0.2) is 0 Å². The van der Waals surface area contributed by atoms with E-state index in [2.05, 4.69) is 0 Å². The van der Waals surface area contributed by atoms with Crippen LogP contribution in [-0.4, -0.2) is 68.9 Å². The van der Waals surface area contributed by atoms with Gasteiger partial charge in [0, 0.05) is 32.2 Å². The number of carbonyl (C=O) groups excluding carboxylic acids is 1. The largest absolute Gasteiger partial charge is 0.494 e. The SMILES string of the molecule is CCOc1ccc(S(=O)(=O)N(CC(=O)N2CCN(c3ccccc3F)CC2)C2CCCCC2)cc1. The molecule has 0 unspecified atom stereocenters. The molecule has 1 saturated heterocycles. The van der Waals surface area contributed by atoms with Gasteiger partial charge in [0.25, 0.3) is 0 Å². The normalized spacial score (nSPS) is 17.6. The van der Waals surface area contributed by atoms with E-state index in [0.29, 0.717) is 44.2 Å². The highest BCUT2D eigenvalue weighted by Gasteiger charge is 2.35. The van der Waals surface area contributed by atoms with Crippen molar-refractivity contribution in [2.75, 3.05) is 44.2 Å². The molecular formula is C26H34FN3O4S. The minimum Gasteiger partial charge on any atom is -0.494 e. The third kappa shape index (κ3) is 5.95. The van der Waals surface area contributed by atoms with Crippen molar-refractivity contribution in [2.45, 2.75) is 50.0 Å². The molecule has 2 aromatic rings. The first-order chi connectivity index (χ1) is 16.9. The number of carbonyl (C=O) groups is 1. The number of para-hydroxylation sites is 1. The van der Waals surface area contributed by atoms with Crippen LogP contribution < -0.4 is 9.64 Å². The molecule has 0 spiro atoms. The predicted octanol–water partition coefficient (Wildman–Crippen LogP) is 3.90. The van der Waals surface area contributed by atoms with Gasteiger partial charge in [0.2, 0.25) is 15.9 Å². The first-order valence-electron chi connectivity index (χ1n) is 12.4. The zero-order valence-corrected chi connectivity index (χ0v) is 21.1. The van der Waals surface area contributed by atoms with E-state index in [-0.39, 0.29) is 29.2 Å². The fraction of sp³-hybridized carbons (Fsp3) is 0.500. The Bertz CT molecular complexity index is 1100. The van der Waals surface area contributed by atoms with Crippen molar-refractivity contribution in [3.05, 3.63) is 54.3 Å². The number of nitrogens with zero attached hydrogens (tertiary/aromatic N) is 3. The van der Waals surface area contributed by atoms with Gasteiger partial charge in [0.1, 0.15) is 11.6 Å². The molecule has 2 fully saturated rings. The Hall–Kier alpha value is -2.65. The van der Waals surface area contributed by atoms with Crippen molar-refractivity contribution in [3.8, 4) is 5.75 Å². The monoisotopic (exact) mass is 503 g/mol. The number of sulfonamides is 1. The highest BCUT2D eigenvalue weighted by atomic mass is 32.2. The maximum absolute atomic E-state index is 14.2. The molecule has 35 heavy (non-hydrogen) atoms. The summed E-state index contributed by atoms with van der Waals surface area (Å²) in [5.74, 6) is 0.120. The summed E-state index contributed by atoms with van der Waals surface area (Å²) in [7, 11) is -3.86. The number of hydrogen-bond donors (Lipinski definition) is 0. The lowest BCUT2D eigenvalue weighted by Crippen LogP contribution is -2.53. The fourth-order valence-electron chi connectivity index (χ4n) is 4.93. The van der Waals surface area contributed by atoms with Crippen molar-refractivity contribution in [3.63, 3.8) is 0 Å². The van der Waals surface area contributed by atoms with E-state index >= 15 is 0 Å². The lowest BCUT2D eigenvalue weighted by Gasteiger charge is -2.38. The summed E-state index contributed by atoms with van der Waals surface area (Å²) < 4.78 is 48.3. The molecule has 0 N–H and O–H groups in total. The van der Waals surface area contributed by atoms with Crippen LogP contribution in [0.25, 0.3) is 0 Å². The number of hydrogen-bond acceptors (Lipinski definition) is 5.